The fourth-order valence-electron chi connectivity index (χ4n) is 3.25. The Bertz CT molecular complexity index is 1070. The van der Waals surface area contributed by atoms with Crippen molar-refractivity contribution in [3.8, 4) is 0 Å². The van der Waals surface area contributed by atoms with Crippen LogP contribution in [0.1, 0.15) is 21.1 Å². The number of hydrogen-bond acceptors (Lipinski definition) is 4. The Morgan fingerprint density at radius 3 is 2.45 bits per heavy atom. The van der Waals surface area contributed by atoms with Crippen molar-refractivity contribution >= 4 is 29.4 Å². The summed E-state index contributed by atoms with van der Waals surface area (Å²) in [5, 5.41) is 2.67. The molecule has 1 aliphatic rings. The number of nitrogens with one attached hydrogen (secondary N) is 1. The van der Waals surface area contributed by atoms with Crippen LogP contribution >= 0.6 is 0 Å². The number of anilines is 1. The Hall–Kier alpha value is -3.75. The molecule has 1 fully saturated rings. The highest BCUT2D eigenvalue weighted by atomic mass is 19.1. The van der Waals surface area contributed by atoms with E-state index in [1.807, 2.05) is 0 Å². The van der Waals surface area contributed by atoms with E-state index < -0.39 is 11.7 Å². The summed E-state index contributed by atoms with van der Waals surface area (Å²) in [5.41, 5.74) is 1.01. The second kappa shape index (κ2) is 7.70. The number of hydrogen-bond donors (Lipinski definition) is 1. The summed E-state index contributed by atoms with van der Waals surface area (Å²) in [5.74, 6) is -1.08. The van der Waals surface area contributed by atoms with Crippen molar-refractivity contribution in [2.45, 2.75) is 0 Å². The normalized spacial score (nSPS) is 14.1. The summed E-state index contributed by atoms with van der Waals surface area (Å²) in [6, 6.07) is 10.6. The van der Waals surface area contributed by atoms with Crippen molar-refractivity contribution in [1.82, 2.24) is 19.2 Å². The number of imidazole rings is 1. The van der Waals surface area contributed by atoms with E-state index in [0.29, 0.717) is 37.4 Å². The molecule has 4 rings (SSSR count). The molecule has 0 atom stereocenters. The summed E-state index contributed by atoms with van der Waals surface area (Å²) in [6.45, 7) is 1.71. The summed E-state index contributed by atoms with van der Waals surface area (Å²) in [7, 11) is 0. The molecule has 0 unspecified atom stereocenters. The van der Waals surface area contributed by atoms with E-state index in [0.717, 1.165) is 6.41 Å². The highest BCUT2D eigenvalue weighted by molar-refractivity contribution is 6.08. The van der Waals surface area contributed by atoms with Crippen molar-refractivity contribution in [1.29, 1.82) is 0 Å². The second-order valence-corrected chi connectivity index (χ2v) is 6.63. The molecule has 8 nitrogen and oxygen atoms in total. The van der Waals surface area contributed by atoms with Gasteiger partial charge < -0.3 is 15.1 Å². The Kier molecular flexibility index (Phi) is 4.94. The van der Waals surface area contributed by atoms with E-state index in [2.05, 4.69) is 10.3 Å². The van der Waals surface area contributed by atoms with Crippen LogP contribution in [0.15, 0.2) is 48.7 Å². The van der Waals surface area contributed by atoms with Gasteiger partial charge in [-0.15, -0.1) is 0 Å². The topological polar surface area (TPSA) is 87.0 Å². The van der Waals surface area contributed by atoms with Crippen LogP contribution in [0.3, 0.4) is 0 Å². The molecule has 0 radical (unpaired) electrons. The van der Waals surface area contributed by atoms with Gasteiger partial charge in [0.1, 0.15) is 5.82 Å². The van der Waals surface area contributed by atoms with Gasteiger partial charge in [0.15, 0.2) is 5.69 Å². The zero-order valence-electron chi connectivity index (χ0n) is 15.4. The van der Waals surface area contributed by atoms with E-state index in [1.54, 1.807) is 38.6 Å². The highest BCUT2D eigenvalue weighted by Gasteiger charge is 2.27. The van der Waals surface area contributed by atoms with Gasteiger partial charge in [-0.3, -0.25) is 18.8 Å². The van der Waals surface area contributed by atoms with Crippen LogP contribution in [0.4, 0.5) is 10.1 Å². The Morgan fingerprint density at radius 1 is 1.03 bits per heavy atom. The molecule has 3 aromatic rings. The summed E-state index contributed by atoms with van der Waals surface area (Å²) in [4.78, 5) is 44.2. The van der Waals surface area contributed by atoms with E-state index in [4.69, 9.17) is 0 Å². The molecule has 148 valence electrons. The van der Waals surface area contributed by atoms with Gasteiger partial charge in [-0.1, -0.05) is 6.07 Å². The van der Waals surface area contributed by atoms with E-state index >= 15 is 0 Å². The third-order valence-electron chi connectivity index (χ3n) is 4.81. The predicted molar refractivity (Wildman–Crippen MR) is 103 cm³/mol. The maximum Gasteiger partial charge on any atom is 0.290 e. The standard InChI is InChI=1S/C20H18FN5O3/c21-14-4-6-15(7-5-14)22-19(28)17-16-3-1-2-8-26(16)18(23-17)20(29)25-11-9-24(13-27)10-12-25/h1-8,13H,9-12H2,(H,22,28). The van der Waals surface area contributed by atoms with E-state index in [1.165, 1.54) is 24.3 Å². The van der Waals surface area contributed by atoms with Crippen LogP contribution < -0.4 is 5.32 Å². The van der Waals surface area contributed by atoms with Gasteiger partial charge in [-0.05, 0) is 36.4 Å². The van der Waals surface area contributed by atoms with Crippen LogP contribution in [0, 0.1) is 5.82 Å². The monoisotopic (exact) mass is 395 g/mol. The van der Waals surface area contributed by atoms with Gasteiger partial charge in [-0.25, -0.2) is 9.37 Å². The number of pyridine rings is 1. The molecular formula is C20H18FN5O3. The molecule has 1 aliphatic heterocycles. The van der Waals surface area contributed by atoms with Crippen LogP contribution in [0.25, 0.3) is 5.52 Å². The van der Waals surface area contributed by atoms with Gasteiger partial charge in [0.2, 0.25) is 12.2 Å². The number of rotatable bonds is 4. The first kappa shape index (κ1) is 18.6. The number of nitrogens with zero attached hydrogens (tertiary/aromatic N) is 4. The quantitative estimate of drug-likeness (QED) is 0.681. The highest BCUT2D eigenvalue weighted by Crippen LogP contribution is 2.18. The molecule has 0 spiro atoms. The molecule has 1 saturated heterocycles. The molecule has 3 heterocycles. The van der Waals surface area contributed by atoms with E-state index in [-0.39, 0.29) is 17.4 Å². The van der Waals surface area contributed by atoms with Gasteiger partial charge in [0.05, 0.1) is 5.52 Å². The van der Waals surface area contributed by atoms with Crippen molar-refractivity contribution in [3.05, 3.63) is 66.0 Å². The zero-order valence-corrected chi connectivity index (χ0v) is 15.4. The average Bonchev–Trinajstić information content (AvgIpc) is 3.15. The van der Waals surface area contributed by atoms with Crippen molar-refractivity contribution in [3.63, 3.8) is 0 Å². The molecule has 0 bridgehead atoms. The lowest BCUT2D eigenvalue weighted by Crippen LogP contribution is -2.48. The lowest BCUT2D eigenvalue weighted by molar-refractivity contribution is -0.119. The molecule has 1 aromatic carbocycles. The van der Waals surface area contributed by atoms with Crippen LogP contribution in [-0.2, 0) is 4.79 Å². The van der Waals surface area contributed by atoms with Gasteiger partial charge in [0.25, 0.3) is 11.8 Å². The molecule has 0 aliphatic carbocycles. The van der Waals surface area contributed by atoms with Crippen LogP contribution in [0.5, 0.6) is 0 Å². The number of piperazine rings is 1. The molecule has 1 N–H and O–H groups in total. The van der Waals surface area contributed by atoms with Gasteiger partial charge in [0, 0.05) is 38.1 Å². The molecule has 29 heavy (non-hydrogen) atoms. The smallest absolute Gasteiger partial charge is 0.290 e. The number of benzene rings is 1. The Balaban J connectivity index is 1.63. The maximum absolute atomic E-state index is 13.1. The first-order valence-electron chi connectivity index (χ1n) is 9.09. The third-order valence-corrected chi connectivity index (χ3v) is 4.81. The molecule has 2 aromatic heterocycles. The summed E-state index contributed by atoms with van der Waals surface area (Å²) >= 11 is 0. The van der Waals surface area contributed by atoms with Gasteiger partial charge >= 0.3 is 0 Å². The maximum atomic E-state index is 13.1. The number of fused-ring (bicyclic) bond motifs is 1. The predicted octanol–water partition coefficient (Wildman–Crippen LogP) is 1.64. The number of aromatic nitrogens is 2. The SMILES string of the molecule is O=CN1CCN(C(=O)c2nc(C(=O)Nc3ccc(F)cc3)c3ccccn23)CC1. The lowest BCUT2D eigenvalue weighted by atomic mass is 10.2. The molecule has 0 saturated carbocycles. The number of halogens is 1. The first-order valence-corrected chi connectivity index (χ1v) is 9.09. The molecular weight excluding hydrogens is 377 g/mol. The second-order valence-electron chi connectivity index (χ2n) is 6.63. The van der Waals surface area contributed by atoms with Crippen molar-refractivity contribution in [2.24, 2.45) is 0 Å². The Morgan fingerprint density at radius 2 is 1.76 bits per heavy atom. The lowest BCUT2D eigenvalue weighted by Gasteiger charge is -2.32. The molecule has 3 amide bonds. The van der Waals surface area contributed by atoms with E-state index in [9.17, 15) is 18.8 Å². The van der Waals surface area contributed by atoms with Gasteiger partial charge in [-0.2, -0.15) is 0 Å². The molecule has 9 heteroatoms. The summed E-state index contributed by atoms with van der Waals surface area (Å²) in [6.07, 6.45) is 2.44. The average molecular weight is 395 g/mol. The minimum absolute atomic E-state index is 0.102. The number of carbonyl (C=O) groups is 3. The van der Waals surface area contributed by atoms with Crippen LogP contribution in [0.2, 0.25) is 0 Å². The van der Waals surface area contributed by atoms with Crippen LogP contribution in [-0.4, -0.2) is 63.6 Å². The summed E-state index contributed by atoms with van der Waals surface area (Å²) < 4.78 is 14.7. The van der Waals surface area contributed by atoms with Crippen molar-refractivity contribution < 1.29 is 18.8 Å². The minimum Gasteiger partial charge on any atom is -0.342 e. The number of amides is 3. The van der Waals surface area contributed by atoms with Crippen molar-refractivity contribution in [2.75, 3.05) is 31.5 Å². The third kappa shape index (κ3) is 3.66. The fraction of sp³-hybridized carbons (Fsp3) is 0.200. The number of carbonyl (C=O) groups excluding carboxylic acids is 3. The Labute approximate surface area is 165 Å². The largest absolute Gasteiger partial charge is 0.342 e. The zero-order chi connectivity index (χ0) is 20.4. The first-order chi connectivity index (χ1) is 14.1. The minimum atomic E-state index is -0.495. The fourth-order valence-corrected chi connectivity index (χ4v) is 3.25.